The number of benzene rings is 1. The summed E-state index contributed by atoms with van der Waals surface area (Å²) in [7, 11) is 1.49. The van der Waals surface area contributed by atoms with Crippen LogP contribution in [-0.4, -0.2) is 28.5 Å². The predicted molar refractivity (Wildman–Crippen MR) is 64.3 cm³/mol. The first kappa shape index (κ1) is 11.0. The number of thioether (sulfide) groups is 1. The van der Waals surface area contributed by atoms with E-state index < -0.39 is 5.37 Å². The normalized spacial score (nSPS) is 20.4. The summed E-state index contributed by atoms with van der Waals surface area (Å²) in [6.45, 7) is 2.00. The molecule has 0 bridgehead atoms. The molecule has 2 amide bonds. The summed E-state index contributed by atoms with van der Waals surface area (Å²) < 4.78 is 0. The molecule has 1 aliphatic rings. The first-order valence-corrected chi connectivity index (χ1v) is 5.77. The highest BCUT2D eigenvalue weighted by Gasteiger charge is 2.36. The van der Waals surface area contributed by atoms with Crippen molar-refractivity contribution in [3.05, 3.63) is 29.8 Å². The van der Waals surface area contributed by atoms with Crippen LogP contribution in [0, 0.1) is 6.92 Å². The number of rotatable bonds is 2. The Hall–Kier alpha value is -1.49. The van der Waals surface area contributed by atoms with Crippen LogP contribution in [0.4, 0.5) is 10.5 Å². The van der Waals surface area contributed by atoms with E-state index in [-0.39, 0.29) is 11.1 Å². The molecule has 0 unspecified atom stereocenters. The van der Waals surface area contributed by atoms with Crippen LogP contribution in [0.3, 0.4) is 0 Å². The Morgan fingerprint density at radius 1 is 1.25 bits per heavy atom. The molecule has 1 heterocycles. The minimum Gasteiger partial charge on any atom is -0.365 e. The van der Waals surface area contributed by atoms with E-state index in [0.29, 0.717) is 0 Å². The van der Waals surface area contributed by atoms with Gasteiger partial charge in [0.05, 0.1) is 0 Å². The summed E-state index contributed by atoms with van der Waals surface area (Å²) in [6, 6.07) is 7.70. The number of hydrogen-bond acceptors (Lipinski definition) is 4. The van der Waals surface area contributed by atoms with E-state index in [0.717, 1.165) is 27.9 Å². The Bertz CT molecular complexity index is 430. The van der Waals surface area contributed by atoms with Gasteiger partial charge in [0, 0.05) is 12.7 Å². The number of likely N-dealkylation sites (N-methyl/N-ethyl adjacent to an activating group) is 1. The number of carbonyl (C=O) groups excluding carboxylic acids is 2. The number of anilines is 1. The SMILES string of the molecule is Cc1ccc(N[C@@H]2SC(=O)N(C)C2=O)cc1. The molecule has 0 saturated carbocycles. The Morgan fingerprint density at radius 3 is 2.38 bits per heavy atom. The second kappa shape index (κ2) is 4.17. The van der Waals surface area contributed by atoms with Crippen molar-refractivity contribution in [2.75, 3.05) is 12.4 Å². The highest BCUT2D eigenvalue weighted by atomic mass is 32.2. The Labute approximate surface area is 98.0 Å². The average molecular weight is 236 g/mol. The second-order valence-electron chi connectivity index (χ2n) is 3.67. The third kappa shape index (κ3) is 2.04. The number of nitrogens with one attached hydrogen (secondary N) is 1. The van der Waals surface area contributed by atoms with Gasteiger partial charge in [-0.25, -0.2) is 0 Å². The van der Waals surface area contributed by atoms with Crippen molar-refractivity contribution >= 4 is 28.6 Å². The standard InChI is InChI=1S/C11H12N2O2S/c1-7-3-5-8(6-4-7)12-9-10(14)13(2)11(15)16-9/h3-6,9,12H,1-2H3/t9-/m1/s1. The molecule has 84 valence electrons. The monoisotopic (exact) mass is 236 g/mol. The van der Waals surface area contributed by atoms with Gasteiger partial charge < -0.3 is 5.32 Å². The third-order valence-electron chi connectivity index (χ3n) is 2.40. The van der Waals surface area contributed by atoms with Gasteiger partial charge in [0.25, 0.3) is 11.1 Å². The van der Waals surface area contributed by atoms with Gasteiger partial charge in [0.1, 0.15) is 0 Å². The maximum Gasteiger partial charge on any atom is 0.290 e. The number of carbonyl (C=O) groups is 2. The average Bonchev–Trinajstić information content (AvgIpc) is 2.50. The van der Waals surface area contributed by atoms with Crippen LogP contribution < -0.4 is 5.32 Å². The van der Waals surface area contributed by atoms with Crippen molar-refractivity contribution in [2.24, 2.45) is 0 Å². The highest BCUT2D eigenvalue weighted by molar-refractivity contribution is 8.15. The minimum atomic E-state index is -0.500. The molecule has 2 rings (SSSR count). The minimum absolute atomic E-state index is 0.199. The molecule has 0 aromatic heterocycles. The summed E-state index contributed by atoms with van der Waals surface area (Å²) in [4.78, 5) is 24.0. The van der Waals surface area contributed by atoms with Crippen LogP contribution in [0.1, 0.15) is 5.56 Å². The van der Waals surface area contributed by atoms with Crippen LogP contribution in [-0.2, 0) is 4.79 Å². The molecule has 1 atom stereocenters. The van der Waals surface area contributed by atoms with E-state index in [9.17, 15) is 9.59 Å². The lowest BCUT2D eigenvalue weighted by Crippen LogP contribution is -2.31. The fourth-order valence-corrected chi connectivity index (χ4v) is 2.29. The number of hydrogen-bond donors (Lipinski definition) is 1. The quantitative estimate of drug-likeness (QED) is 0.854. The zero-order chi connectivity index (χ0) is 11.7. The molecule has 0 radical (unpaired) electrons. The molecule has 1 fully saturated rings. The molecular formula is C11H12N2O2S. The van der Waals surface area contributed by atoms with E-state index >= 15 is 0 Å². The number of amides is 2. The van der Waals surface area contributed by atoms with Crippen LogP contribution in [0.5, 0.6) is 0 Å². The van der Waals surface area contributed by atoms with E-state index in [2.05, 4.69) is 5.32 Å². The van der Waals surface area contributed by atoms with Crippen LogP contribution in [0.2, 0.25) is 0 Å². The number of aryl methyl sites for hydroxylation is 1. The summed E-state index contributed by atoms with van der Waals surface area (Å²) in [5.41, 5.74) is 2.00. The predicted octanol–water partition coefficient (Wildman–Crippen LogP) is 2.06. The molecule has 5 heteroatoms. The van der Waals surface area contributed by atoms with Crippen molar-refractivity contribution in [1.29, 1.82) is 0 Å². The van der Waals surface area contributed by atoms with Gasteiger partial charge in [0.15, 0.2) is 5.37 Å². The van der Waals surface area contributed by atoms with Gasteiger partial charge in [-0.05, 0) is 30.8 Å². The van der Waals surface area contributed by atoms with E-state index in [1.165, 1.54) is 7.05 Å². The Kier molecular flexibility index (Phi) is 2.87. The molecule has 16 heavy (non-hydrogen) atoms. The summed E-state index contributed by atoms with van der Waals surface area (Å²) >= 11 is 1.01. The van der Waals surface area contributed by atoms with Gasteiger partial charge >= 0.3 is 0 Å². The molecule has 0 aliphatic carbocycles. The van der Waals surface area contributed by atoms with Crippen molar-refractivity contribution in [1.82, 2.24) is 4.90 Å². The van der Waals surface area contributed by atoms with Crippen molar-refractivity contribution in [3.63, 3.8) is 0 Å². The van der Waals surface area contributed by atoms with Gasteiger partial charge in [0.2, 0.25) is 0 Å². The van der Waals surface area contributed by atoms with Crippen molar-refractivity contribution in [3.8, 4) is 0 Å². The Morgan fingerprint density at radius 2 is 1.88 bits per heavy atom. The largest absolute Gasteiger partial charge is 0.365 e. The first-order chi connectivity index (χ1) is 7.58. The third-order valence-corrected chi connectivity index (χ3v) is 3.43. The maximum absolute atomic E-state index is 11.6. The fourth-order valence-electron chi connectivity index (χ4n) is 1.39. The molecule has 1 saturated heterocycles. The zero-order valence-electron chi connectivity index (χ0n) is 9.06. The van der Waals surface area contributed by atoms with Crippen LogP contribution >= 0.6 is 11.8 Å². The smallest absolute Gasteiger partial charge is 0.290 e. The first-order valence-electron chi connectivity index (χ1n) is 4.89. The van der Waals surface area contributed by atoms with Crippen LogP contribution in [0.25, 0.3) is 0 Å². The molecule has 0 spiro atoms. The molecule has 1 aromatic carbocycles. The molecule has 4 nitrogen and oxygen atoms in total. The van der Waals surface area contributed by atoms with Gasteiger partial charge in [-0.15, -0.1) is 0 Å². The molecule has 1 aromatic rings. The topological polar surface area (TPSA) is 49.4 Å². The zero-order valence-corrected chi connectivity index (χ0v) is 9.88. The second-order valence-corrected chi connectivity index (χ2v) is 4.73. The van der Waals surface area contributed by atoms with Gasteiger partial charge in [-0.3, -0.25) is 14.5 Å². The number of nitrogens with zero attached hydrogens (tertiary/aromatic N) is 1. The fraction of sp³-hybridized carbons (Fsp3) is 0.273. The lowest BCUT2D eigenvalue weighted by molar-refractivity contribution is -0.125. The van der Waals surface area contributed by atoms with Gasteiger partial charge in [-0.2, -0.15) is 0 Å². The van der Waals surface area contributed by atoms with Gasteiger partial charge in [-0.1, -0.05) is 17.7 Å². The highest BCUT2D eigenvalue weighted by Crippen LogP contribution is 2.26. The molecular weight excluding hydrogens is 224 g/mol. The molecule has 1 N–H and O–H groups in total. The maximum atomic E-state index is 11.6. The lowest BCUT2D eigenvalue weighted by atomic mass is 10.2. The summed E-state index contributed by atoms with van der Waals surface area (Å²) in [5, 5.41) is 2.32. The van der Waals surface area contributed by atoms with E-state index in [1.54, 1.807) is 0 Å². The molecule has 1 aliphatic heterocycles. The summed E-state index contributed by atoms with van der Waals surface area (Å²) in [6.07, 6.45) is 0. The lowest BCUT2D eigenvalue weighted by Gasteiger charge is -2.11. The van der Waals surface area contributed by atoms with E-state index in [1.807, 2.05) is 31.2 Å². The van der Waals surface area contributed by atoms with Crippen molar-refractivity contribution < 1.29 is 9.59 Å². The van der Waals surface area contributed by atoms with Crippen LogP contribution in [0.15, 0.2) is 24.3 Å². The number of imide groups is 1. The van der Waals surface area contributed by atoms with Crippen molar-refractivity contribution in [2.45, 2.75) is 12.3 Å². The van der Waals surface area contributed by atoms with E-state index in [4.69, 9.17) is 0 Å². The Balaban J connectivity index is 2.09. The summed E-state index contributed by atoms with van der Waals surface area (Å²) in [5.74, 6) is -0.199.